The molecule has 0 saturated heterocycles. The standard InChI is InChI=1S/C21H26N2O5/c24-19(12-7-9-16(10-8-12)28-15-3-1-2-4-15)22-23-20(25)17-13-5-6-14(11-13)18(17)21(26)27/h7-10,13-15,17-18H,1-6,11H2,(H,22,24)(H,23,25)(H,26,27). The molecule has 4 rings (SSSR count). The van der Waals surface area contributed by atoms with Crippen LogP contribution < -0.4 is 15.6 Å². The Bertz CT molecular complexity index is 757. The molecule has 0 heterocycles. The second kappa shape index (κ2) is 7.81. The number of ether oxygens (including phenoxy) is 1. The number of amides is 2. The van der Waals surface area contributed by atoms with Crippen molar-refractivity contribution in [1.29, 1.82) is 0 Å². The number of carboxylic acid groups (broad SMARTS) is 1. The summed E-state index contributed by atoms with van der Waals surface area (Å²) < 4.78 is 5.88. The van der Waals surface area contributed by atoms with E-state index in [1.807, 2.05) is 0 Å². The average Bonchev–Trinajstić information content (AvgIpc) is 3.43. The molecular formula is C21H26N2O5. The van der Waals surface area contributed by atoms with Crippen molar-refractivity contribution in [1.82, 2.24) is 10.9 Å². The molecule has 0 aliphatic heterocycles. The number of aliphatic carboxylic acids is 1. The summed E-state index contributed by atoms with van der Waals surface area (Å²) in [6.07, 6.45) is 7.29. The van der Waals surface area contributed by atoms with E-state index in [4.69, 9.17) is 4.74 Å². The molecule has 3 aliphatic rings. The number of carboxylic acids is 1. The van der Waals surface area contributed by atoms with Gasteiger partial charge in [0.25, 0.3) is 5.91 Å². The summed E-state index contributed by atoms with van der Waals surface area (Å²) >= 11 is 0. The highest BCUT2D eigenvalue weighted by molar-refractivity contribution is 5.96. The Balaban J connectivity index is 1.31. The molecule has 1 aromatic carbocycles. The third-order valence-electron chi connectivity index (χ3n) is 6.52. The van der Waals surface area contributed by atoms with Crippen molar-refractivity contribution in [3.63, 3.8) is 0 Å². The molecule has 28 heavy (non-hydrogen) atoms. The molecule has 0 aromatic heterocycles. The molecule has 0 spiro atoms. The van der Waals surface area contributed by atoms with Crippen LogP contribution in [0.2, 0.25) is 0 Å². The first-order valence-corrected chi connectivity index (χ1v) is 10.1. The van der Waals surface area contributed by atoms with E-state index < -0.39 is 29.6 Å². The molecule has 7 heteroatoms. The Hall–Kier alpha value is -2.57. The molecule has 4 unspecified atom stereocenters. The van der Waals surface area contributed by atoms with Gasteiger partial charge < -0.3 is 9.84 Å². The highest BCUT2D eigenvalue weighted by Crippen LogP contribution is 2.52. The van der Waals surface area contributed by atoms with Crippen LogP contribution in [-0.2, 0) is 9.59 Å². The first-order valence-electron chi connectivity index (χ1n) is 10.1. The van der Waals surface area contributed by atoms with Crippen LogP contribution in [-0.4, -0.2) is 29.0 Å². The highest BCUT2D eigenvalue weighted by atomic mass is 16.5. The lowest BCUT2D eigenvalue weighted by molar-refractivity contribution is -0.149. The van der Waals surface area contributed by atoms with Gasteiger partial charge in [0, 0.05) is 5.56 Å². The van der Waals surface area contributed by atoms with E-state index in [0.29, 0.717) is 5.56 Å². The lowest BCUT2D eigenvalue weighted by Crippen LogP contribution is -2.48. The first kappa shape index (κ1) is 18.8. The minimum absolute atomic E-state index is 0.0707. The van der Waals surface area contributed by atoms with E-state index in [9.17, 15) is 19.5 Å². The Morgan fingerprint density at radius 2 is 1.54 bits per heavy atom. The number of hydrazine groups is 1. The molecule has 1 aromatic rings. The maximum atomic E-state index is 12.5. The minimum atomic E-state index is -0.920. The third kappa shape index (κ3) is 3.70. The normalized spacial score (nSPS) is 28.9. The fourth-order valence-corrected chi connectivity index (χ4v) is 5.18. The van der Waals surface area contributed by atoms with E-state index in [2.05, 4.69) is 10.9 Å². The summed E-state index contributed by atoms with van der Waals surface area (Å²) in [5, 5.41) is 9.46. The molecule has 2 bridgehead atoms. The molecule has 2 amide bonds. The molecule has 7 nitrogen and oxygen atoms in total. The van der Waals surface area contributed by atoms with Gasteiger partial charge in [-0.25, -0.2) is 0 Å². The second-order valence-corrected chi connectivity index (χ2v) is 8.22. The SMILES string of the molecule is O=C(NNC(=O)C1C2CCC(C2)C1C(=O)O)c1ccc(OC2CCCC2)cc1. The van der Waals surface area contributed by atoms with Crippen molar-refractivity contribution in [2.24, 2.45) is 23.7 Å². The van der Waals surface area contributed by atoms with Crippen LogP contribution in [0.5, 0.6) is 5.75 Å². The zero-order valence-corrected chi connectivity index (χ0v) is 15.7. The lowest BCUT2D eigenvalue weighted by atomic mass is 9.79. The molecule has 3 saturated carbocycles. The van der Waals surface area contributed by atoms with Gasteiger partial charge >= 0.3 is 5.97 Å². The van der Waals surface area contributed by atoms with Crippen LogP contribution in [0, 0.1) is 23.7 Å². The van der Waals surface area contributed by atoms with Crippen LogP contribution in [0.1, 0.15) is 55.3 Å². The van der Waals surface area contributed by atoms with Crippen molar-refractivity contribution in [2.75, 3.05) is 0 Å². The van der Waals surface area contributed by atoms with E-state index in [1.54, 1.807) is 24.3 Å². The third-order valence-corrected chi connectivity index (χ3v) is 6.52. The van der Waals surface area contributed by atoms with Gasteiger partial charge in [-0.15, -0.1) is 0 Å². The lowest BCUT2D eigenvalue weighted by Gasteiger charge is -2.27. The summed E-state index contributed by atoms with van der Waals surface area (Å²) in [5.41, 5.74) is 5.25. The van der Waals surface area contributed by atoms with Crippen molar-refractivity contribution < 1.29 is 24.2 Å². The van der Waals surface area contributed by atoms with Crippen LogP contribution in [0.15, 0.2) is 24.3 Å². The fraction of sp³-hybridized carbons (Fsp3) is 0.571. The zero-order valence-electron chi connectivity index (χ0n) is 15.7. The van der Waals surface area contributed by atoms with Gasteiger partial charge in [-0.05, 0) is 81.0 Å². The molecule has 3 aliphatic carbocycles. The summed E-state index contributed by atoms with van der Waals surface area (Å²) in [6, 6.07) is 6.82. The largest absolute Gasteiger partial charge is 0.490 e. The zero-order chi connectivity index (χ0) is 19.7. The molecule has 4 atom stereocenters. The smallest absolute Gasteiger partial charge is 0.307 e. The first-order chi connectivity index (χ1) is 13.5. The molecule has 0 radical (unpaired) electrons. The van der Waals surface area contributed by atoms with Crippen LogP contribution >= 0.6 is 0 Å². The highest BCUT2D eigenvalue weighted by Gasteiger charge is 2.54. The Kier molecular flexibility index (Phi) is 5.24. The van der Waals surface area contributed by atoms with E-state index >= 15 is 0 Å². The maximum Gasteiger partial charge on any atom is 0.307 e. The predicted octanol–water partition coefficient (Wildman–Crippen LogP) is 2.52. The van der Waals surface area contributed by atoms with Crippen molar-refractivity contribution in [3.8, 4) is 5.75 Å². The number of rotatable bonds is 5. The van der Waals surface area contributed by atoms with E-state index in [1.165, 1.54) is 12.8 Å². The van der Waals surface area contributed by atoms with Crippen LogP contribution in [0.3, 0.4) is 0 Å². The van der Waals surface area contributed by atoms with Crippen molar-refractivity contribution in [2.45, 2.75) is 51.0 Å². The molecule has 3 N–H and O–H groups in total. The van der Waals surface area contributed by atoms with Gasteiger partial charge in [-0.1, -0.05) is 0 Å². The monoisotopic (exact) mass is 386 g/mol. The number of hydrogen-bond acceptors (Lipinski definition) is 4. The number of benzene rings is 1. The van der Waals surface area contributed by atoms with Crippen LogP contribution in [0.4, 0.5) is 0 Å². The fourth-order valence-electron chi connectivity index (χ4n) is 5.18. The van der Waals surface area contributed by atoms with Gasteiger partial charge in [0.05, 0.1) is 17.9 Å². The number of fused-ring (bicyclic) bond motifs is 2. The summed E-state index contributed by atoms with van der Waals surface area (Å²) in [6.45, 7) is 0. The minimum Gasteiger partial charge on any atom is -0.490 e. The van der Waals surface area contributed by atoms with Gasteiger partial charge in [-0.2, -0.15) is 0 Å². The Morgan fingerprint density at radius 1 is 0.893 bits per heavy atom. The van der Waals surface area contributed by atoms with Crippen LogP contribution in [0.25, 0.3) is 0 Å². The predicted molar refractivity (Wildman–Crippen MR) is 100 cm³/mol. The van der Waals surface area contributed by atoms with E-state index in [-0.39, 0.29) is 17.9 Å². The Morgan fingerprint density at radius 3 is 2.18 bits per heavy atom. The summed E-state index contributed by atoms with van der Waals surface area (Å²) in [7, 11) is 0. The Labute approximate surface area is 163 Å². The topological polar surface area (TPSA) is 105 Å². The average molecular weight is 386 g/mol. The second-order valence-electron chi connectivity index (χ2n) is 8.22. The van der Waals surface area contributed by atoms with Gasteiger partial charge in [0.2, 0.25) is 5.91 Å². The molecule has 3 fully saturated rings. The van der Waals surface area contributed by atoms with Crippen molar-refractivity contribution in [3.05, 3.63) is 29.8 Å². The number of hydrogen-bond donors (Lipinski definition) is 3. The summed E-state index contributed by atoms with van der Waals surface area (Å²) in [4.78, 5) is 36.4. The number of nitrogens with one attached hydrogen (secondary N) is 2. The van der Waals surface area contributed by atoms with Crippen molar-refractivity contribution >= 4 is 17.8 Å². The number of carbonyl (C=O) groups is 3. The van der Waals surface area contributed by atoms with Gasteiger partial charge in [0.1, 0.15) is 5.75 Å². The maximum absolute atomic E-state index is 12.5. The molecular weight excluding hydrogens is 360 g/mol. The molecule has 150 valence electrons. The summed E-state index contributed by atoms with van der Waals surface area (Å²) in [5.74, 6) is -2.09. The van der Waals surface area contributed by atoms with E-state index in [0.717, 1.165) is 37.9 Å². The number of carbonyl (C=O) groups excluding carboxylic acids is 2. The van der Waals surface area contributed by atoms with Gasteiger partial charge in [0.15, 0.2) is 0 Å². The van der Waals surface area contributed by atoms with Gasteiger partial charge in [-0.3, -0.25) is 25.2 Å². The quantitative estimate of drug-likeness (QED) is 0.675.